The first kappa shape index (κ1) is 8.38. The molecule has 2 nitrogen and oxygen atoms in total. The zero-order chi connectivity index (χ0) is 8.55. The predicted molar refractivity (Wildman–Crippen MR) is 55.2 cm³/mol. The number of hydrogen-bond donors (Lipinski definition) is 1. The molecule has 1 fully saturated rings. The average molecular weight is 200 g/mol. The third-order valence-electron chi connectivity index (χ3n) is 2.25. The normalized spacial score (nSPS) is 29.4. The molecule has 66 valence electrons. The lowest BCUT2D eigenvalue weighted by Crippen LogP contribution is -2.07. The maximum Gasteiger partial charge on any atom is 0.177 e. The quantitative estimate of drug-likeness (QED) is 0.703. The molecule has 1 N–H and O–H groups in total. The van der Waals surface area contributed by atoms with E-state index in [1.807, 2.05) is 24.2 Å². The first-order valence-corrected chi connectivity index (χ1v) is 5.60. The molecule has 0 saturated carbocycles. The first-order chi connectivity index (χ1) is 5.77. The highest BCUT2D eigenvalue weighted by molar-refractivity contribution is 8.00. The fourth-order valence-corrected chi connectivity index (χ4v) is 3.09. The summed E-state index contributed by atoms with van der Waals surface area (Å²) in [6.07, 6.45) is 5.21. The molecule has 2 rings (SSSR count). The van der Waals surface area contributed by atoms with Crippen molar-refractivity contribution in [2.45, 2.75) is 24.6 Å². The fourth-order valence-electron chi connectivity index (χ4n) is 1.61. The van der Waals surface area contributed by atoms with Gasteiger partial charge in [-0.25, -0.2) is 0 Å². The van der Waals surface area contributed by atoms with Crippen molar-refractivity contribution in [2.24, 2.45) is 0 Å². The minimum absolute atomic E-state index is 0.615. The van der Waals surface area contributed by atoms with Crippen LogP contribution in [-0.4, -0.2) is 20.6 Å². The summed E-state index contributed by atoms with van der Waals surface area (Å²) in [5.41, 5.74) is 0. The van der Waals surface area contributed by atoms with Crippen LogP contribution in [-0.2, 0) is 0 Å². The number of thioether (sulfide) groups is 1. The Morgan fingerprint density at radius 3 is 3.08 bits per heavy atom. The van der Waals surface area contributed by atoms with Gasteiger partial charge in [0.2, 0.25) is 0 Å². The summed E-state index contributed by atoms with van der Waals surface area (Å²) in [7, 11) is 0. The summed E-state index contributed by atoms with van der Waals surface area (Å²) < 4.78 is 3.03. The van der Waals surface area contributed by atoms with Gasteiger partial charge in [0.25, 0.3) is 0 Å². The lowest BCUT2D eigenvalue weighted by Gasteiger charge is -2.09. The number of rotatable bonds is 1. The van der Waals surface area contributed by atoms with Gasteiger partial charge in [0.15, 0.2) is 4.77 Å². The minimum Gasteiger partial charge on any atom is -0.337 e. The first-order valence-electron chi connectivity index (χ1n) is 4.14. The Bertz CT molecular complexity index is 315. The Kier molecular flexibility index (Phi) is 2.28. The second-order valence-electron chi connectivity index (χ2n) is 3.21. The lowest BCUT2D eigenvalue weighted by atomic mass is 10.2. The summed E-state index contributed by atoms with van der Waals surface area (Å²) in [5.74, 6) is 1.20. The average Bonchev–Trinajstić information content (AvgIpc) is 2.58. The van der Waals surface area contributed by atoms with Crippen LogP contribution in [0.4, 0.5) is 0 Å². The number of aromatic amines is 1. The van der Waals surface area contributed by atoms with E-state index in [4.69, 9.17) is 12.2 Å². The molecule has 0 bridgehead atoms. The van der Waals surface area contributed by atoms with Crippen LogP contribution in [0.2, 0.25) is 0 Å². The van der Waals surface area contributed by atoms with Crippen LogP contribution in [0.25, 0.3) is 0 Å². The highest BCUT2D eigenvalue weighted by atomic mass is 32.2. The molecule has 2 atom stereocenters. The molecule has 0 radical (unpaired) electrons. The number of nitrogens with zero attached hydrogens (tertiary/aromatic N) is 1. The Morgan fingerprint density at radius 1 is 1.75 bits per heavy atom. The van der Waals surface area contributed by atoms with Crippen LogP contribution < -0.4 is 0 Å². The summed E-state index contributed by atoms with van der Waals surface area (Å²) in [6, 6.07) is 0.615. The molecule has 0 spiro atoms. The van der Waals surface area contributed by atoms with E-state index in [9.17, 15) is 0 Å². The van der Waals surface area contributed by atoms with Gasteiger partial charge in [-0.3, -0.25) is 0 Å². The molecule has 1 saturated heterocycles. The van der Waals surface area contributed by atoms with Gasteiger partial charge in [0.1, 0.15) is 0 Å². The van der Waals surface area contributed by atoms with E-state index >= 15 is 0 Å². The topological polar surface area (TPSA) is 20.7 Å². The molecule has 0 amide bonds. The Labute approximate surface area is 81.4 Å². The van der Waals surface area contributed by atoms with Crippen molar-refractivity contribution in [1.82, 2.24) is 9.55 Å². The van der Waals surface area contributed by atoms with Crippen molar-refractivity contribution in [3.63, 3.8) is 0 Å². The van der Waals surface area contributed by atoms with E-state index in [1.54, 1.807) is 0 Å². The van der Waals surface area contributed by atoms with Gasteiger partial charge >= 0.3 is 0 Å². The highest BCUT2D eigenvalue weighted by Crippen LogP contribution is 2.34. The Hall–Kier alpha value is -0.220. The summed E-state index contributed by atoms with van der Waals surface area (Å²) in [4.78, 5) is 3.03. The van der Waals surface area contributed by atoms with E-state index < -0.39 is 0 Å². The zero-order valence-corrected chi connectivity index (χ0v) is 8.62. The monoisotopic (exact) mass is 200 g/mol. The van der Waals surface area contributed by atoms with E-state index in [2.05, 4.69) is 16.5 Å². The molecule has 1 aromatic rings. The molecule has 1 aliphatic heterocycles. The maximum absolute atomic E-state index is 5.16. The molecule has 1 aliphatic rings. The molecule has 0 aromatic carbocycles. The SMILES string of the molecule is CC1CC(n2cc[nH]c2=S)CS1. The standard InChI is InChI=1S/C8H12N2S2/c1-6-4-7(5-12-6)10-3-2-9-8(10)11/h2-3,6-7H,4-5H2,1H3,(H,9,11). The van der Waals surface area contributed by atoms with Crippen molar-refractivity contribution in [3.05, 3.63) is 17.2 Å². The van der Waals surface area contributed by atoms with Gasteiger partial charge in [-0.15, -0.1) is 0 Å². The van der Waals surface area contributed by atoms with E-state index in [1.165, 1.54) is 12.2 Å². The van der Waals surface area contributed by atoms with Gasteiger partial charge in [-0.1, -0.05) is 6.92 Å². The molecular formula is C8H12N2S2. The van der Waals surface area contributed by atoms with Gasteiger partial charge < -0.3 is 9.55 Å². The van der Waals surface area contributed by atoms with Crippen LogP contribution >= 0.6 is 24.0 Å². The van der Waals surface area contributed by atoms with Gasteiger partial charge in [-0.05, 0) is 18.6 Å². The highest BCUT2D eigenvalue weighted by Gasteiger charge is 2.23. The predicted octanol–water partition coefficient (Wildman–Crippen LogP) is 2.61. The van der Waals surface area contributed by atoms with Crippen LogP contribution in [0.1, 0.15) is 19.4 Å². The number of H-pyrrole nitrogens is 1. The maximum atomic E-state index is 5.16. The Balaban J connectivity index is 2.21. The minimum atomic E-state index is 0.615. The number of aromatic nitrogens is 2. The van der Waals surface area contributed by atoms with Crippen molar-refractivity contribution in [3.8, 4) is 0 Å². The van der Waals surface area contributed by atoms with Gasteiger partial charge in [-0.2, -0.15) is 11.8 Å². The lowest BCUT2D eigenvalue weighted by molar-refractivity contribution is 0.530. The third kappa shape index (κ3) is 1.45. The molecule has 2 heterocycles. The molecule has 4 heteroatoms. The van der Waals surface area contributed by atoms with Crippen LogP contribution in [0.15, 0.2) is 12.4 Å². The number of hydrogen-bond acceptors (Lipinski definition) is 2. The van der Waals surface area contributed by atoms with Crippen molar-refractivity contribution >= 4 is 24.0 Å². The van der Waals surface area contributed by atoms with Crippen molar-refractivity contribution < 1.29 is 0 Å². The molecular weight excluding hydrogens is 188 g/mol. The van der Waals surface area contributed by atoms with Crippen molar-refractivity contribution in [2.75, 3.05) is 5.75 Å². The smallest absolute Gasteiger partial charge is 0.177 e. The summed E-state index contributed by atoms with van der Waals surface area (Å²) >= 11 is 7.19. The number of imidazole rings is 1. The van der Waals surface area contributed by atoms with Gasteiger partial charge in [0, 0.05) is 29.4 Å². The van der Waals surface area contributed by atoms with Crippen LogP contribution in [0, 0.1) is 4.77 Å². The second-order valence-corrected chi connectivity index (χ2v) is 5.06. The largest absolute Gasteiger partial charge is 0.337 e. The molecule has 0 aliphatic carbocycles. The fraction of sp³-hybridized carbons (Fsp3) is 0.625. The van der Waals surface area contributed by atoms with Crippen molar-refractivity contribution in [1.29, 1.82) is 0 Å². The summed E-state index contributed by atoms with van der Waals surface area (Å²) in [5, 5.41) is 0.784. The molecule has 12 heavy (non-hydrogen) atoms. The summed E-state index contributed by atoms with van der Waals surface area (Å²) in [6.45, 7) is 2.28. The second kappa shape index (κ2) is 3.26. The molecule has 1 aromatic heterocycles. The third-order valence-corrected chi connectivity index (χ3v) is 3.91. The van der Waals surface area contributed by atoms with Crippen LogP contribution in [0.5, 0.6) is 0 Å². The van der Waals surface area contributed by atoms with E-state index in [-0.39, 0.29) is 0 Å². The Morgan fingerprint density at radius 2 is 2.58 bits per heavy atom. The van der Waals surface area contributed by atoms with E-state index in [0.717, 1.165) is 10.0 Å². The zero-order valence-electron chi connectivity index (χ0n) is 6.99. The van der Waals surface area contributed by atoms with E-state index in [0.29, 0.717) is 6.04 Å². The number of nitrogens with one attached hydrogen (secondary N) is 1. The van der Waals surface area contributed by atoms with Crippen LogP contribution in [0.3, 0.4) is 0 Å². The molecule has 2 unspecified atom stereocenters. The van der Waals surface area contributed by atoms with Gasteiger partial charge in [0.05, 0.1) is 0 Å².